The number of ketones is 1. The minimum atomic E-state index is -0.0318. The Labute approximate surface area is 79.2 Å². The third-order valence-electron chi connectivity index (χ3n) is 5.31. The topological polar surface area (TPSA) is 17.1 Å². The van der Waals surface area contributed by atoms with Gasteiger partial charge in [-0.15, -0.1) is 0 Å². The van der Waals surface area contributed by atoms with Crippen molar-refractivity contribution in [3.05, 3.63) is 12.2 Å². The van der Waals surface area contributed by atoms with Crippen LogP contribution in [0.1, 0.15) is 33.1 Å². The minimum absolute atomic E-state index is 0.0318. The van der Waals surface area contributed by atoms with Crippen molar-refractivity contribution in [2.24, 2.45) is 22.7 Å². The van der Waals surface area contributed by atoms with E-state index in [-0.39, 0.29) is 10.8 Å². The van der Waals surface area contributed by atoms with Crippen molar-refractivity contribution in [1.82, 2.24) is 0 Å². The summed E-state index contributed by atoms with van der Waals surface area (Å²) in [5.41, 5.74) is 0.170. The first-order chi connectivity index (χ1) is 6.09. The van der Waals surface area contributed by atoms with E-state index < -0.39 is 0 Å². The Balaban J connectivity index is 2.19. The molecule has 3 aliphatic rings. The van der Waals surface area contributed by atoms with Crippen molar-refractivity contribution in [3.63, 3.8) is 0 Å². The predicted molar refractivity (Wildman–Crippen MR) is 51.2 cm³/mol. The lowest BCUT2D eigenvalue weighted by Crippen LogP contribution is -2.42. The molecule has 0 N–H and O–H groups in total. The van der Waals surface area contributed by atoms with E-state index in [4.69, 9.17) is 0 Å². The maximum Gasteiger partial charge on any atom is 0.162 e. The minimum Gasteiger partial charge on any atom is -0.294 e. The summed E-state index contributed by atoms with van der Waals surface area (Å²) in [5.74, 6) is 1.84. The van der Waals surface area contributed by atoms with Crippen LogP contribution in [0.4, 0.5) is 0 Å². The molecule has 3 rings (SSSR count). The van der Waals surface area contributed by atoms with Gasteiger partial charge in [0.25, 0.3) is 0 Å². The highest BCUT2D eigenvalue weighted by Gasteiger charge is 2.66. The van der Waals surface area contributed by atoms with Crippen molar-refractivity contribution < 1.29 is 4.79 Å². The van der Waals surface area contributed by atoms with Crippen molar-refractivity contribution in [2.75, 3.05) is 0 Å². The number of rotatable bonds is 0. The highest BCUT2D eigenvalue weighted by atomic mass is 16.1. The third kappa shape index (κ3) is 0.589. The summed E-state index contributed by atoms with van der Waals surface area (Å²) in [6.07, 6.45) is 7.95. The zero-order chi connectivity index (χ0) is 9.27. The van der Waals surface area contributed by atoms with Crippen molar-refractivity contribution in [2.45, 2.75) is 33.1 Å². The van der Waals surface area contributed by atoms with E-state index in [1.807, 2.05) is 6.08 Å². The molecule has 0 amide bonds. The smallest absolute Gasteiger partial charge is 0.162 e. The van der Waals surface area contributed by atoms with Crippen LogP contribution in [0.25, 0.3) is 0 Å². The van der Waals surface area contributed by atoms with Gasteiger partial charge in [-0.3, -0.25) is 4.79 Å². The molecule has 0 aromatic rings. The van der Waals surface area contributed by atoms with Gasteiger partial charge in [-0.05, 0) is 37.2 Å². The van der Waals surface area contributed by atoms with Crippen LogP contribution in [-0.4, -0.2) is 5.78 Å². The van der Waals surface area contributed by atoms with E-state index in [1.54, 1.807) is 0 Å². The Morgan fingerprint density at radius 3 is 2.69 bits per heavy atom. The van der Waals surface area contributed by atoms with Crippen LogP contribution in [0.2, 0.25) is 0 Å². The summed E-state index contributed by atoms with van der Waals surface area (Å²) in [6.45, 7) is 4.48. The molecular formula is C12H16O. The monoisotopic (exact) mass is 176 g/mol. The molecule has 70 valence electrons. The van der Waals surface area contributed by atoms with Gasteiger partial charge in [0, 0.05) is 10.8 Å². The fourth-order valence-corrected chi connectivity index (χ4v) is 4.11. The molecule has 1 nitrogen and oxygen atoms in total. The first-order valence-electron chi connectivity index (χ1n) is 5.33. The average molecular weight is 176 g/mol. The Hall–Kier alpha value is -0.590. The Morgan fingerprint density at radius 1 is 1.31 bits per heavy atom. The zero-order valence-corrected chi connectivity index (χ0v) is 8.34. The summed E-state index contributed by atoms with van der Waals surface area (Å²) in [7, 11) is 0. The van der Waals surface area contributed by atoms with Gasteiger partial charge in [0.05, 0.1) is 0 Å². The molecule has 0 aromatic heterocycles. The van der Waals surface area contributed by atoms with Crippen LogP contribution >= 0.6 is 0 Å². The lowest BCUT2D eigenvalue weighted by atomic mass is 9.59. The van der Waals surface area contributed by atoms with Gasteiger partial charge in [0.15, 0.2) is 5.78 Å². The van der Waals surface area contributed by atoms with Crippen molar-refractivity contribution >= 4 is 5.78 Å². The van der Waals surface area contributed by atoms with Crippen molar-refractivity contribution in [1.29, 1.82) is 0 Å². The number of carbonyl (C=O) groups is 1. The normalized spacial score (nSPS) is 57.5. The lowest BCUT2D eigenvalue weighted by molar-refractivity contribution is -0.129. The molecule has 2 fully saturated rings. The number of hydrogen-bond donors (Lipinski definition) is 0. The molecule has 3 aliphatic carbocycles. The van der Waals surface area contributed by atoms with Gasteiger partial charge in [-0.25, -0.2) is 0 Å². The number of fused-ring (bicyclic) bond motifs is 5. The quantitative estimate of drug-likeness (QED) is 0.554. The summed E-state index contributed by atoms with van der Waals surface area (Å²) in [6, 6.07) is 0. The molecular weight excluding hydrogens is 160 g/mol. The maximum atomic E-state index is 11.9. The van der Waals surface area contributed by atoms with Gasteiger partial charge in [0.1, 0.15) is 0 Å². The molecule has 0 heterocycles. The lowest BCUT2D eigenvalue weighted by Gasteiger charge is -2.43. The Kier molecular flexibility index (Phi) is 1.15. The highest BCUT2D eigenvalue weighted by molar-refractivity contribution is 5.99. The van der Waals surface area contributed by atoms with Crippen LogP contribution in [-0.2, 0) is 4.79 Å². The van der Waals surface area contributed by atoms with Crippen LogP contribution in [0, 0.1) is 22.7 Å². The average Bonchev–Trinajstić information content (AvgIpc) is 2.70. The zero-order valence-electron chi connectivity index (χ0n) is 8.34. The van der Waals surface area contributed by atoms with Crippen LogP contribution in [0.3, 0.4) is 0 Å². The molecule has 0 aromatic carbocycles. The molecule has 4 unspecified atom stereocenters. The fraction of sp³-hybridized carbons (Fsp3) is 0.750. The third-order valence-corrected chi connectivity index (χ3v) is 5.31. The summed E-state index contributed by atoms with van der Waals surface area (Å²) in [5, 5.41) is 0. The molecule has 0 saturated heterocycles. The van der Waals surface area contributed by atoms with Gasteiger partial charge in [-0.2, -0.15) is 0 Å². The molecule has 2 saturated carbocycles. The predicted octanol–water partition coefficient (Wildman–Crippen LogP) is 2.57. The molecule has 0 radical (unpaired) electrons. The van der Waals surface area contributed by atoms with Crippen LogP contribution in [0.5, 0.6) is 0 Å². The van der Waals surface area contributed by atoms with E-state index >= 15 is 0 Å². The van der Waals surface area contributed by atoms with E-state index in [2.05, 4.69) is 19.9 Å². The molecule has 4 atom stereocenters. The summed E-state index contributed by atoms with van der Waals surface area (Å²) < 4.78 is 0. The van der Waals surface area contributed by atoms with Gasteiger partial charge >= 0.3 is 0 Å². The number of allylic oxidation sites excluding steroid dienone is 2. The standard InChI is InChI=1S/C12H16O/c1-11-6-5-10(13)12(11,2)9-4-3-8(11)7-9/h5-6,8-9H,3-4,7H2,1-2H3. The van der Waals surface area contributed by atoms with E-state index in [1.165, 1.54) is 19.3 Å². The maximum absolute atomic E-state index is 11.9. The second-order valence-corrected chi connectivity index (χ2v) is 5.39. The summed E-state index contributed by atoms with van der Waals surface area (Å²) >= 11 is 0. The van der Waals surface area contributed by atoms with Gasteiger partial charge in [-0.1, -0.05) is 19.9 Å². The molecule has 0 aliphatic heterocycles. The molecule has 1 heteroatoms. The largest absolute Gasteiger partial charge is 0.294 e. The van der Waals surface area contributed by atoms with E-state index in [0.717, 1.165) is 5.92 Å². The first kappa shape index (κ1) is 7.78. The summed E-state index contributed by atoms with van der Waals surface area (Å²) in [4.78, 5) is 11.9. The molecule has 2 bridgehead atoms. The Bertz CT molecular complexity index is 317. The molecule has 0 spiro atoms. The molecule has 13 heavy (non-hydrogen) atoms. The number of hydrogen-bond acceptors (Lipinski definition) is 1. The van der Waals surface area contributed by atoms with Crippen LogP contribution < -0.4 is 0 Å². The van der Waals surface area contributed by atoms with Gasteiger partial charge in [0.2, 0.25) is 0 Å². The first-order valence-corrected chi connectivity index (χ1v) is 5.33. The number of carbonyl (C=O) groups excluding carboxylic acids is 1. The SMILES string of the molecule is CC12C=CC(=O)C1(C)C1CCC2C1. The van der Waals surface area contributed by atoms with E-state index in [0.29, 0.717) is 11.7 Å². The Morgan fingerprint density at radius 2 is 2.00 bits per heavy atom. The second kappa shape index (κ2) is 1.92. The van der Waals surface area contributed by atoms with Gasteiger partial charge < -0.3 is 0 Å². The fourth-order valence-electron chi connectivity index (χ4n) is 4.11. The highest BCUT2D eigenvalue weighted by Crippen LogP contribution is 2.69. The van der Waals surface area contributed by atoms with Crippen molar-refractivity contribution in [3.8, 4) is 0 Å². The second-order valence-electron chi connectivity index (χ2n) is 5.39. The van der Waals surface area contributed by atoms with E-state index in [9.17, 15) is 4.79 Å². The van der Waals surface area contributed by atoms with Crippen LogP contribution in [0.15, 0.2) is 12.2 Å².